The topological polar surface area (TPSA) is 63.4 Å². The van der Waals surface area contributed by atoms with E-state index < -0.39 is 11.2 Å². The summed E-state index contributed by atoms with van der Waals surface area (Å²) < 4.78 is 0. The quantitative estimate of drug-likeness (QED) is 0.581. The molecule has 3 heteroatoms. The van der Waals surface area contributed by atoms with Crippen LogP contribution in [0.4, 0.5) is 0 Å². The van der Waals surface area contributed by atoms with Crippen LogP contribution in [-0.4, -0.2) is 33.1 Å². The first kappa shape index (κ1) is 14.0. The molecule has 3 nitrogen and oxygen atoms in total. The van der Waals surface area contributed by atoms with Gasteiger partial charge in [0.1, 0.15) is 5.60 Å². The van der Waals surface area contributed by atoms with Gasteiger partial charge in [-0.05, 0) is 45.4 Å². The van der Waals surface area contributed by atoms with Crippen molar-refractivity contribution < 1.29 is 15.3 Å². The van der Waals surface area contributed by atoms with Crippen molar-refractivity contribution in [2.75, 3.05) is 6.61 Å². The van der Waals surface area contributed by atoms with Crippen molar-refractivity contribution in [1.29, 1.82) is 0 Å². The minimum absolute atomic E-state index is 0.00187. The molecule has 2 aliphatic rings. The summed E-state index contributed by atoms with van der Waals surface area (Å²) in [6, 6.07) is 0. The summed E-state index contributed by atoms with van der Waals surface area (Å²) in [6.07, 6.45) is 5.84. The lowest BCUT2D eigenvalue weighted by molar-refractivity contribution is -0.0435. The molecular formula is C15H27O3+. The fourth-order valence-corrected chi connectivity index (χ4v) is 3.60. The molecule has 0 aliphatic heterocycles. The maximum absolute atomic E-state index is 10.6. The average Bonchev–Trinajstić information content (AvgIpc) is 2.59. The van der Waals surface area contributed by atoms with Gasteiger partial charge in [-0.3, -0.25) is 0 Å². The molecule has 0 radical (unpaired) electrons. The van der Waals surface area contributed by atoms with E-state index in [-0.39, 0.29) is 18.4 Å². The molecule has 0 amide bonds. The standard InChI is InChI=1S/C15H26O3/c1-10-4-5-13-12(10)8-11(15(3,18)9-16)6-7-14(13,2)17/h8,10-11,13,16-18H,4-7,9H2,1-3H3/p+1/t10-,11-,13+,14+,15?/m1/s1. The van der Waals surface area contributed by atoms with Crippen LogP contribution in [0.25, 0.3) is 0 Å². The van der Waals surface area contributed by atoms with E-state index in [9.17, 15) is 10.2 Å². The van der Waals surface area contributed by atoms with E-state index in [4.69, 9.17) is 5.11 Å². The van der Waals surface area contributed by atoms with Gasteiger partial charge < -0.3 is 15.3 Å². The molecule has 0 aromatic rings. The highest BCUT2D eigenvalue weighted by atomic mass is 16.3. The van der Waals surface area contributed by atoms with Crippen molar-refractivity contribution in [1.82, 2.24) is 0 Å². The van der Waals surface area contributed by atoms with Crippen molar-refractivity contribution >= 4 is 0 Å². The second kappa shape index (κ2) is 4.62. The first-order valence-electron chi connectivity index (χ1n) is 7.09. The molecule has 2 aliphatic carbocycles. The van der Waals surface area contributed by atoms with Gasteiger partial charge in [-0.25, -0.2) is 0 Å². The Bertz CT molecular complexity index is 344. The van der Waals surface area contributed by atoms with Gasteiger partial charge in [0.25, 0.3) is 0 Å². The average molecular weight is 255 g/mol. The third-order valence-corrected chi connectivity index (χ3v) is 5.12. The van der Waals surface area contributed by atoms with Gasteiger partial charge in [-0.1, -0.05) is 18.6 Å². The fraction of sp³-hybridized carbons (Fsp3) is 0.867. The predicted molar refractivity (Wildman–Crippen MR) is 72.4 cm³/mol. The number of rotatable bonds is 2. The van der Waals surface area contributed by atoms with Gasteiger partial charge >= 0.3 is 0 Å². The Hall–Kier alpha value is -0.380. The summed E-state index contributed by atoms with van der Waals surface area (Å²) in [5.41, 5.74) is -0.305. The van der Waals surface area contributed by atoms with Crippen LogP contribution >= 0.6 is 0 Å². The van der Waals surface area contributed by atoms with Crippen LogP contribution in [0.1, 0.15) is 46.5 Å². The summed E-state index contributed by atoms with van der Waals surface area (Å²) in [5, 5.41) is 28.5. The van der Waals surface area contributed by atoms with Crippen molar-refractivity contribution in [3.63, 3.8) is 0 Å². The summed E-state index contributed by atoms with van der Waals surface area (Å²) >= 11 is 0. The smallest absolute Gasteiger partial charge is 0.173 e. The molecule has 0 aromatic carbocycles. The van der Waals surface area contributed by atoms with Gasteiger partial charge in [0, 0.05) is 11.8 Å². The summed E-state index contributed by atoms with van der Waals surface area (Å²) in [7, 11) is 0. The van der Waals surface area contributed by atoms with Crippen LogP contribution in [0.3, 0.4) is 0 Å². The molecule has 0 bridgehead atoms. The molecule has 104 valence electrons. The lowest BCUT2D eigenvalue weighted by atomic mass is 9.82. The second-order valence-corrected chi connectivity index (χ2v) is 6.73. The molecular weight excluding hydrogens is 228 g/mol. The normalized spacial score (nSPS) is 43.9. The second-order valence-electron chi connectivity index (χ2n) is 6.73. The van der Waals surface area contributed by atoms with Crippen LogP contribution in [-0.2, 0) is 0 Å². The van der Waals surface area contributed by atoms with E-state index in [1.807, 2.05) is 6.92 Å². The van der Waals surface area contributed by atoms with Gasteiger partial charge in [0.05, 0.1) is 5.60 Å². The molecule has 1 saturated carbocycles. The van der Waals surface area contributed by atoms with Crippen LogP contribution in [0.5, 0.6) is 0 Å². The maximum Gasteiger partial charge on any atom is 0.173 e. The fourth-order valence-electron chi connectivity index (χ4n) is 3.60. The number of fused-ring (bicyclic) bond motifs is 1. The minimum atomic E-state index is -0.972. The molecule has 0 spiro atoms. The molecule has 5 atom stereocenters. The maximum atomic E-state index is 10.6. The lowest BCUT2D eigenvalue weighted by Crippen LogP contribution is -2.38. The third kappa shape index (κ3) is 2.36. The molecule has 0 saturated heterocycles. The Morgan fingerprint density at radius 3 is 2.72 bits per heavy atom. The van der Waals surface area contributed by atoms with Crippen LogP contribution in [0.15, 0.2) is 11.6 Å². The van der Waals surface area contributed by atoms with E-state index in [2.05, 4.69) is 13.0 Å². The van der Waals surface area contributed by atoms with Crippen LogP contribution < -0.4 is 0 Å². The van der Waals surface area contributed by atoms with E-state index >= 15 is 0 Å². The van der Waals surface area contributed by atoms with Crippen molar-refractivity contribution in [3.05, 3.63) is 11.6 Å². The Balaban J connectivity index is 2.34. The van der Waals surface area contributed by atoms with E-state index in [0.29, 0.717) is 12.3 Å². The zero-order valence-electron chi connectivity index (χ0n) is 11.7. The summed E-state index contributed by atoms with van der Waals surface area (Å²) in [4.78, 5) is 0. The monoisotopic (exact) mass is 255 g/mol. The largest absolute Gasteiger partial charge is 0.443 e. The zero-order chi connectivity index (χ0) is 13.6. The van der Waals surface area contributed by atoms with Gasteiger partial charge in [0.2, 0.25) is 0 Å². The third-order valence-electron chi connectivity index (χ3n) is 5.12. The van der Waals surface area contributed by atoms with E-state index in [1.165, 1.54) is 5.57 Å². The molecule has 4 N–H and O–H groups in total. The van der Waals surface area contributed by atoms with Gasteiger partial charge in [0.15, 0.2) is 6.61 Å². The lowest BCUT2D eigenvalue weighted by Gasteiger charge is -2.30. The zero-order valence-corrected chi connectivity index (χ0v) is 11.7. The highest BCUT2D eigenvalue weighted by Gasteiger charge is 2.45. The molecule has 2 rings (SSSR count). The summed E-state index contributed by atoms with van der Waals surface area (Å²) in [5.74, 6) is 0.754. The van der Waals surface area contributed by atoms with E-state index in [1.54, 1.807) is 6.92 Å². The van der Waals surface area contributed by atoms with E-state index in [0.717, 1.165) is 19.3 Å². The first-order valence-corrected chi connectivity index (χ1v) is 7.09. The van der Waals surface area contributed by atoms with Crippen molar-refractivity contribution in [2.45, 2.75) is 57.7 Å². The predicted octanol–water partition coefficient (Wildman–Crippen LogP) is 1.60. The SMILES string of the molecule is C[C@@H]1CC[C@H]2C1=C[C@H](C(C)(O)C[OH2+])CC[C@]2(C)O. The highest BCUT2D eigenvalue weighted by molar-refractivity contribution is 5.23. The van der Waals surface area contributed by atoms with Crippen LogP contribution in [0, 0.1) is 17.8 Å². The minimum Gasteiger partial charge on any atom is -0.443 e. The number of hydrogen-bond acceptors (Lipinski definition) is 2. The highest BCUT2D eigenvalue weighted by Crippen LogP contribution is 2.48. The van der Waals surface area contributed by atoms with Gasteiger partial charge in [-0.2, -0.15) is 0 Å². The van der Waals surface area contributed by atoms with Crippen molar-refractivity contribution in [3.8, 4) is 0 Å². The molecule has 18 heavy (non-hydrogen) atoms. The number of aliphatic hydroxyl groups is 2. The Morgan fingerprint density at radius 2 is 2.11 bits per heavy atom. The number of hydrogen-bond donors (Lipinski definition) is 2. The van der Waals surface area contributed by atoms with Gasteiger partial charge in [-0.15, -0.1) is 0 Å². The molecule has 0 heterocycles. The Morgan fingerprint density at radius 1 is 1.44 bits per heavy atom. The first-order chi connectivity index (χ1) is 8.28. The molecule has 0 aromatic heterocycles. The van der Waals surface area contributed by atoms with Crippen LogP contribution in [0.2, 0.25) is 0 Å². The molecule has 1 unspecified atom stereocenters. The molecule has 1 fully saturated rings. The van der Waals surface area contributed by atoms with Crippen molar-refractivity contribution in [2.24, 2.45) is 17.8 Å². The Labute approximate surface area is 110 Å². The summed E-state index contributed by atoms with van der Waals surface area (Å²) in [6.45, 7) is 5.90. The Kier molecular flexibility index (Phi) is 3.60.